The Bertz CT molecular complexity index is 1170. The van der Waals surface area contributed by atoms with Crippen molar-refractivity contribution in [3.05, 3.63) is 35.8 Å². The first kappa shape index (κ1) is 24.8. The molecule has 0 radical (unpaired) electrons. The van der Waals surface area contributed by atoms with E-state index >= 15 is 0 Å². The van der Waals surface area contributed by atoms with Crippen molar-refractivity contribution in [3.63, 3.8) is 0 Å². The Balaban J connectivity index is 1.28. The molecule has 4 aliphatic rings. The minimum absolute atomic E-state index is 0.0859. The molecular weight excluding hydrogens is 454 g/mol. The van der Waals surface area contributed by atoms with Crippen molar-refractivity contribution < 1.29 is 14.4 Å². The van der Waals surface area contributed by atoms with Crippen LogP contribution >= 0.6 is 0 Å². The lowest BCUT2D eigenvalue weighted by Gasteiger charge is -2.60. The van der Waals surface area contributed by atoms with Gasteiger partial charge in [-0.25, -0.2) is 4.98 Å². The Morgan fingerprint density at radius 3 is 2.72 bits per heavy atom. The Labute approximate surface area is 213 Å². The summed E-state index contributed by atoms with van der Waals surface area (Å²) in [5.41, 5.74) is 1.75. The fraction of sp³-hybridized carbons (Fsp3) is 0.643. The number of nitrogens with zero attached hydrogens (tertiary/aromatic N) is 4. The van der Waals surface area contributed by atoms with Gasteiger partial charge in [-0.05, 0) is 74.3 Å². The highest BCUT2D eigenvalue weighted by molar-refractivity contribution is 5.96. The van der Waals surface area contributed by atoms with Crippen LogP contribution in [0.25, 0.3) is 5.65 Å². The minimum atomic E-state index is -0.189. The third-order valence-electron chi connectivity index (χ3n) is 9.38. The van der Waals surface area contributed by atoms with Crippen molar-refractivity contribution in [2.45, 2.75) is 52.9 Å². The van der Waals surface area contributed by atoms with Crippen LogP contribution in [-0.2, 0) is 4.79 Å². The zero-order chi connectivity index (χ0) is 25.6. The van der Waals surface area contributed by atoms with Crippen LogP contribution in [0.15, 0.2) is 24.4 Å². The van der Waals surface area contributed by atoms with E-state index in [4.69, 9.17) is 0 Å². The lowest BCUT2D eigenvalue weighted by atomic mass is 9.45. The standard InChI is InChI=1S/C28H39N5O3/c1-5-31(4)26(35)19-8-7-13-32(16-19)27(36)22-17-33-23(9-6-10-24(33)30-22)25(34)29-15-18-11-12-20-14-21(18)28(20,2)3/h6,9-10,17-21H,5,7-8,11-16H2,1-4H3,(H,29,34)/t18-,19?,20-,21-/m0/s1. The Hall–Kier alpha value is -2.90. The van der Waals surface area contributed by atoms with Gasteiger partial charge >= 0.3 is 0 Å². The van der Waals surface area contributed by atoms with Crippen molar-refractivity contribution in [2.24, 2.45) is 29.1 Å². The lowest BCUT2D eigenvalue weighted by molar-refractivity contribution is -0.135. The molecule has 194 valence electrons. The number of aromatic nitrogens is 2. The van der Waals surface area contributed by atoms with Gasteiger partial charge in [-0.2, -0.15) is 0 Å². The molecule has 4 fully saturated rings. The number of likely N-dealkylation sites (tertiary alicyclic amines) is 1. The first-order valence-electron chi connectivity index (χ1n) is 13.5. The fourth-order valence-electron chi connectivity index (χ4n) is 6.81. The number of fused-ring (bicyclic) bond motifs is 3. The summed E-state index contributed by atoms with van der Waals surface area (Å²) in [4.78, 5) is 47.1. The van der Waals surface area contributed by atoms with E-state index in [1.54, 1.807) is 33.5 Å². The van der Waals surface area contributed by atoms with E-state index in [1.165, 1.54) is 19.3 Å². The number of hydrogen-bond acceptors (Lipinski definition) is 4. The van der Waals surface area contributed by atoms with Gasteiger partial charge in [0.2, 0.25) is 5.91 Å². The maximum atomic E-state index is 13.3. The van der Waals surface area contributed by atoms with E-state index < -0.39 is 0 Å². The van der Waals surface area contributed by atoms with E-state index in [2.05, 4.69) is 24.1 Å². The zero-order valence-corrected chi connectivity index (χ0v) is 22.0. The Kier molecular flexibility index (Phi) is 6.55. The van der Waals surface area contributed by atoms with Crippen LogP contribution in [0.5, 0.6) is 0 Å². The molecule has 3 saturated carbocycles. The molecule has 2 aromatic rings. The molecule has 1 aliphatic heterocycles. The zero-order valence-electron chi connectivity index (χ0n) is 22.0. The molecule has 8 heteroatoms. The third-order valence-corrected chi connectivity index (χ3v) is 9.38. The molecule has 3 aliphatic carbocycles. The van der Waals surface area contributed by atoms with Crippen molar-refractivity contribution in [1.82, 2.24) is 24.5 Å². The van der Waals surface area contributed by atoms with E-state index in [-0.39, 0.29) is 23.6 Å². The molecule has 2 bridgehead atoms. The van der Waals surface area contributed by atoms with E-state index in [1.807, 2.05) is 19.1 Å². The van der Waals surface area contributed by atoms with Gasteiger partial charge in [0.15, 0.2) is 0 Å². The topological polar surface area (TPSA) is 87.0 Å². The normalized spacial score (nSPS) is 26.8. The maximum absolute atomic E-state index is 13.3. The number of carbonyl (C=O) groups is 3. The van der Waals surface area contributed by atoms with Crippen LogP contribution in [0.2, 0.25) is 0 Å². The second kappa shape index (κ2) is 9.52. The molecule has 1 unspecified atom stereocenters. The quantitative estimate of drug-likeness (QED) is 0.668. The first-order chi connectivity index (χ1) is 17.2. The van der Waals surface area contributed by atoms with Crippen molar-refractivity contribution in [2.75, 3.05) is 33.2 Å². The number of pyridine rings is 1. The van der Waals surface area contributed by atoms with Crippen molar-refractivity contribution in [1.29, 1.82) is 0 Å². The van der Waals surface area contributed by atoms with Gasteiger partial charge in [-0.3, -0.25) is 18.8 Å². The highest BCUT2D eigenvalue weighted by atomic mass is 16.2. The summed E-state index contributed by atoms with van der Waals surface area (Å²) in [7, 11) is 1.80. The lowest BCUT2D eigenvalue weighted by Crippen LogP contribution is -2.54. The second-order valence-electron chi connectivity index (χ2n) is 11.6. The van der Waals surface area contributed by atoms with Crippen LogP contribution in [0, 0.1) is 29.1 Å². The smallest absolute Gasteiger partial charge is 0.274 e. The minimum Gasteiger partial charge on any atom is -0.350 e. The van der Waals surface area contributed by atoms with Gasteiger partial charge < -0.3 is 15.1 Å². The summed E-state index contributed by atoms with van der Waals surface area (Å²) in [5, 5.41) is 3.16. The third kappa shape index (κ3) is 4.28. The number of nitrogens with one attached hydrogen (secondary N) is 1. The molecule has 0 spiro atoms. The summed E-state index contributed by atoms with van der Waals surface area (Å²) >= 11 is 0. The predicted molar refractivity (Wildman–Crippen MR) is 138 cm³/mol. The van der Waals surface area contributed by atoms with Crippen LogP contribution in [0.3, 0.4) is 0 Å². The summed E-state index contributed by atoms with van der Waals surface area (Å²) in [5.74, 6) is 1.63. The molecule has 1 N–H and O–H groups in total. The SMILES string of the molecule is CCN(C)C(=O)C1CCCN(C(=O)c2cn3c(C(=O)NC[C@@H]4CC[C@H]5C[C@@H]4C5(C)C)cccc3n2)C1. The van der Waals surface area contributed by atoms with E-state index in [9.17, 15) is 14.4 Å². The maximum Gasteiger partial charge on any atom is 0.274 e. The highest BCUT2D eigenvalue weighted by Gasteiger charge is 2.53. The molecule has 2 aromatic heterocycles. The monoisotopic (exact) mass is 493 g/mol. The highest BCUT2D eigenvalue weighted by Crippen LogP contribution is 2.61. The molecule has 8 nitrogen and oxygen atoms in total. The molecule has 36 heavy (non-hydrogen) atoms. The number of rotatable bonds is 6. The van der Waals surface area contributed by atoms with Crippen LogP contribution in [0.4, 0.5) is 0 Å². The van der Waals surface area contributed by atoms with Gasteiger partial charge in [-0.1, -0.05) is 19.9 Å². The molecule has 1 saturated heterocycles. The summed E-state index contributed by atoms with van der Waals surface area (Å²) < 4.78 is 1.71. The van der Waals surface area contributed by atoms with Crippen molar-refractivity contribution >= 4 is 23.4 Å². The molecule has 4 atom stereocenters. The number of hydrogen-bond donors (Lipinski definition) is 1. The number of imidazole rings is 1. The van der Waals surface area contributed by atoms with E-state index in [0.29, 0.717) is 60.5 Å². The van der Waals surface area contributed by atoms with Gasteiger partial charge in [0.1, 0.15) is 17.0 Å². The van der Waals surface area contributed by atoms with Crippen LogP contribution in [-0.4, -0.2) is 70.1 Å². The molecule has 3 heterocycles. The summed E-state index contributed by atoms with van der Waals surface area (Å²) in [6.45, 7) is 9.04. The fourth-order valence-corrected chi connectivity index (χ4v) is 6.81. The molecule has 6 rings (SSSR count). The van der Waals surface area contributed by atoms with E-state index in [0.717, 1.165) is 18.8 Å². The van der Waals surface area contributed by atoms with Gasteiger partial charge in [0, 0.05) is 39.4 Å². The molecule has 3 amide bonds. The Morgan fingerprint density at radius 1 is 1.19 bits per heavy atom. The van der Waals surface area contributed by atoms with Crippen LogP contribution in [0.1, 0.15) is 73.9 Å². The number of piperidine rings is 1. The van der Waals surface area contributed by atoms with Crippen LogP contribution < -0.4 is 5.32 Å². The van der Waals surface area contributed by atoms with Crippen molar-refractivity contribution in [3.8, 4) is 0 Å². The second-order valence-corrected chi connectivity index (χ2v) is 11.6. The number of amides is 3. The summed E-state index contributed by atoms with van der Waals surface area (Å²) in [6, 6.07) is 5.39. The largest absolute Gasteiger partial charge is 0.350 e. The molecule has 0 aromatic carbocycles. The number of carbonyl (C=O) groups excluding carboxylic acids is 3. The van der Waals surface area contributed by atoms with Gasteiger partial charge in [0.25, 0.3) is 11.8 Å². The van der Waals surface area contributed by atoms with Gasteiger partial charge in [-0.15, -0.1) is 0 Å². The van der Waals surface area contributed by atoms with Gasteiger partial charge in [0.05, 0.1) is 5.92 Å². The molecular formula is C28H39N5O3. The predicted octanol–water partition coefficient (Wildman–Crippen LogP) is 3.47. The average molecular weight is 494 g/mol. The Morgan fingerprint density at radius 2 is 2.00 bits per heavy atom. The summed E-state index contributed by atoms with van der Waals surface area (Å²) in [6.07, 6.45) is 6.97. The first-order valence-corrected chi connectivity index (χ1v) is 13.5. The average Bonchev–Trinajstić information content (AvgIpc) is 3.35.